The molecule has 0 bridgehead atoms. The van der Waals surface area contributed by atoms with Crippen molar-refractivity contribution in [1.82, 2.24) is 10.2 Å². The third-order valence-corrected chi connectivity index (χ3v) is 3.89. The molecule has 1 saturated heterocycles. The fourth-order valence-corrected chi connectivity index (χ4v) is 2.58. The molecule has 2 unspecified atom stereocenters. The molecule has 0 amide bonds. The molecule has 21 heavy (non-hydrogen) atoms. The van der Waals surface area contributed by atoms with Crippen LogP contribution in [0.1, 0.15) is 25.3 Å². The van der Waals surface area contributed by atoms with Crippen LogP contribution in [0, 0.1) is 6.92 Å². The number of hydrogen-bond acceptors (Lipinski definition) is 4. The summed E-state index contributed by atoms with van der Waals surface area (Å²) in [5, 5.41) is 13.4. The van der Waals surface area contributed by atoms with E-state index in [2.05, 4.69) is 24.1 Å². The third-order valence-electron chi connectivity index (χ3n) is 3.89. The molecular weight excluding hydrogens is 264 g/mol. The van der Waals surface area contributed by atoms with Gasteiger partial charge < -0.3 is 20.1 Å². The largest absolute Gasteiger partial charge is 0.492 e. The first-order valence-electron chi connectivity index (χ1n) is 7.97. The van der Waals surface area contributed by atoms with E-state index in [0.29, 0.717) is 13.2 Å². The second-order valence-corrected chi connectivity index (χ2v) is 6.09. The Kier molecular flexibility index (Phi) is 6.49. The van der Waals surface area contributed by atoms with Gasteiger partial charge in [-0.05, 0) is 51.9 Å². The second kappa shape index (κ2) is 8.37. The first kappa shape index (κ1) is 16.3. The molecule has 0 aliphatic carbocycles. The van der Waals surface area contributed by atoms with E-state index >= 15 is 0 Å². The van der Waals surface area contributed by atoms with Crippen molar-refractivity contribution < 1.29 is 9.84 Å². The number of benzene rings is 1. The highest BCUT2D eigenvalue weighted by atomic mass is 16.5. The highest BCUT2D eigenvalue weighted by Gasteiger charge is 2.16. The minimum Gasteiger partial charge on any atom is -0.492 e. The number of hydrogen-bond donors (Lipinski definition) is 2. The number of ether oxygens (including phenoxy) is 1. The molecule has 1 aromatic carbocycles. The molecule has 1 heterocycles. The molecular formula is C17H28N2O2. The number of nitrogens with one attached hydrogen (secondary N) is 1. The maximum Gasteiger partial charge on any atom is 0.119 e. The SMILES string of the molecule is Cc1ccc(OCC(C)NCC(O)CN2CCCC2)cc1. The van der Waals surface area contributed by atoms with Gasteiger partial charge in [-0.3, -0.25) is 0 Å². The van der Waals surface area contributed by atoms with Gasteiger partial charge in [0.15, 0.2) is 0 Å². The van der Waals surface area contributed by atoms with Crippen LogP contribution >= 0.6 is 0 Å². The van der Waals surface area contributed by atoms with Gasteiger partial charge >= 0.3 is 0 Å². The lowest BCUT2D eigenvalue weighted by molar-refractivity contribution is 0.118. The zero-order chi connectivity index (χ0) is 15.1. The van der Waals surface area contributed by atoms with E-state index in [1.165, 1.54) is 18.4 Å². The van der Waals surface area contributed by atoms with Crippen LogP contribution in [0.25, 0.3) is 0 Å². The molecule has 2 N–H and O–H groups in total. The summed E-state index contributed by atoms with van der Waals surface area (Å²) in [6, 6.07) is 8.30. The first-order valence-corrected chi connectivity index (χ1v) is 7.97. The Morgan fingerprint density at radius 1 is 1.24 bits per heavy atom. The lowest BCUT2D eigenvalue weighted by atomic mass is 10.2. The molecule has 0 radical (unpaired) electrons. The van der Waals surface area contributed by atoms with Crippen LogP contribution in [0.15, 0.2) is 24.3 Å². The molecule has 0 aromatic heterocycles. The summed E-state index contributed by atoms with van der Waals surface area (Å²) in [5.41, 5.74) is 1.23. The van der Waals surface area contributed by atoms with Crippen LogP contribution < -0.4 is 10.1 Å². The van der Waals surface area contributed by atoms with Crippen molar-refractivity contribution in [3.8, 4) is 5.75 Å². The summed E-state index contributed by atoms with van der Waals surface area (Å²) in [6.45, 7) is 8.41. The average Bonchev–Trinajstić information content (AvgIpc) is 2.97. The minimum atomic E-state index is -0.301. The molecule has 4 heteroatoms. The Bertz CT molecular complexity index is 402. The van der Waals surface area contributed by atoms with E-state index in [1.54, 1.807) is 0 Å². The van der Waals surface area contributed by atoms with E-state index in [9.17, 15) is 5.11 Å². The van der Waals surface area contributed by atoms with E-state index < -0.39 is 0 Å². The lowest BCUT2D eigenvalue weighted by Crippen LogP contribution is -2.41. The van der Waals surface area contributed by atoms with Gasteiger partial charge in [0.1, 0.15) is 12.4 Å². The number of likely N-dealkylation sites (tertiary alicyclic amines) is 1. The Balaban J connectivity index is 1.60. The standard InChI is InChI=1S/C17H28N2O2/c1-14-5-7-17(8-6-14)21-13-15(2)18-11-16(20)12-19-9-3-4-10-19/h5-8,15-16,18,20H,3-4,9-13H2,1-2H3. The van der Waals surface area contributed by atoms with Gasteiger partial charge in [-0.2, -0.15) is 0 Å². The minimum absolute atomic E-state index is 0.222. The summed E-state index contributed by atoms with van der Waals surface area (Å²) in [4.78, 5) is 2.33. The van der Waals surface area contributed by atoms with Crippen LogP contribution in [0.3, 0.4) is 0 Å². The quantitative estimate of drug-likeness (QED) is 0.767. The number of aliphatic hydroxyl groups is 1. The van der Waals surface area contributed by atoms with Crippen molar-refractivity contribution in [1.29, 1.82) is 0 Å². The van der Waals surface area contributed by atoms with Crippen LogP contribution in [-0.2, 0) is 0 Å². The molecule has 1 aliphatic heterocycles. The van der Waals surface area contributed by atoms with E-state index in [1.807, 2.05) is 24.3 Å². The lowest BCUT2D eigenvalue weighted by Gasteiger charge is -2.21. The molecule has 2 rings (SSSR count). The maximum absolute atomic E-state index is 10.0. The van der Waals surface area contributed by atoms with Gasteiger partial charge in [-0.15, -0.1) is 0 Å². The topological polar surface area (TPSA) is 44.7 Å². The zero-order valence-electron chi connectivity index (χ0n) is 13.2. The molecule has 1 aromatic rings. The summed E-state index contributed by atoms with van der Waals surface area (Å²) in [5.74, 6) is 0.895. The van der Waals surface area contributed by atoms with Crippen molar-refractivity contribution in [3.05, 3.63) is 29.8 Å². The molecule has 1 aliphatic rings. The highest BCUT2D eigenvalue weighted by Crippen LogP contribution is 2.11. The number of nitrogens with zero attached hydrogens (tertiary/aromatic N) is 1. The summed E-state index contributed by atoms with van der Waals surface area (Å²) < 4.78 is 5.73. The third kappa shape index (κ3) is 6.04. The van der Waals surface area contributed by atoms with E-state index in [-0.39, 0.29) is 12.1 Å². The number of aryl methyl sites for hydroxylation is 1. The average molecular weight is 292 g/mol. The maximum atomic E-state index is 10.0. The Morgan fingerprint density at radius 2 is 1.90 bits per heavy atom. The van der Waals surface area contributed by atoms with Crippen molar-refractivity contribution >= 4 is 0 Å². The predicted octanol–water partition coefficient (Wildman–Crippen LogP) is 1.81. The number of rotatable bonds is 8. The molecule has 1 fully saturated rings. The van der Waals surface area contributed by atoms with Crippen molar-refractivity contribution in [2.45, 2.75) is 38.8 Å². The monoisotopic (exact) mass is 292 g/mol. The smallest absolute Gasteiger partial charge is 0.119 e. The summed E-state index contributed by atoms with van der Waals surface area (Å²) >= 11 is 0. The van der Waals surface area contributed by atoms with Gasteiger partial charge in [0.05, 0.1) is 6.10 Å². The Morgan fingerprint density at radius 3 is 2.57 bits per heavy atom. The second-order valence-electron chi connectivity index (χ2n) is 6.09. The zero-order valence-corrected chi connectivity index (χ0v) is 13.2. The van der Waals surface area contributed by atoms with Crippen LogP contribution in [-0.4, -0.2) is 54.9 Å². The summed E-state index contributed by atoms with van der Waals surface area (Å²) in [7, 11) is 0. The van der Waals surface area contributed by atoms with Gasteiger partial charge in [-0.1, -0.05) is 17.7 Å². The molecule has 0 spiro atoms. The van der Waals surface area contributed by atoms with Crippen molar-refractivity contribution in [3.63, 3.8) is 0 Å². The molecule has 0 saturated carbocycles. The Labute approximate surface area is 128 Å². The normalized spacial score (nSPS) is 18.6. The number of β-amino-alcohol motifs (C(OH)–C–C–N with tert-alkyl or cyclic N) is 1. The van der Waals surface area contributed by atoms with Gasteiger partial charge in [0.25, 0.3) is 0 Å². The van der Waals surface area contributed by atoms with E-state index in [4.69, 9.17) is 4.74 Å². The summed E-state index contributed by atoms with van der Waals surface area (Å²) in [6.07, 6.45) is 2.23. The predicted molar refractivity (Wildman–Crippen MR) is 85.8 cm³/mol. The molecule has 4 nitrogen and oxygen atoms in total. The van der Waals surface area contributed by atoms with E-state index in [0.717, 1.165) is 25.4 Å². The van der Waals surface area contributed by atoms with Gasteiger partial charge in [0, 0.05) is 19.1 Å². The van der Waals surface area contributed by atoms with Crippen LogP contribution in [0.4, 0.5) is 0 Å². The van der Waals surface area contributed by atoms with Gasteiger partial charge in [-0.25, -0.2) is 0 Å². The fourth-order valence-electron chi connectivity index (χ4n) is 2.58. The van der Waals surface area contributed by atoms with Crippen molar-refractivity contribution in [2.24, 2.45) is 0 Å². The highest BCUT2D eigenvalue weighted by molar-refractivity contribution is 5.26. The first-order chi connectivity index (χ1) is 10.1. The Hall–Kier alpha value is -1.10. The van der Waals surface area contributed by atoms with Crippen molar-refractivity contribution in [2.75, 3.05) is 32.8 Å². The van der Waals surface area contributed by atoms with Gasteiger partial charge in [0.2, 0.25) is 0 Å². The van der Waals surface area contributed by atoms with Crippen LogP contribution in [0.5, 0.6) is 5.75 Å². The fraction of sp³-hybridized carbons (Fsp3) is 0.647. The number of aliphatic hydroxyl groups excluding tert-OH is 1. The van der Waals surface area contributed by atoms with Crippen LogP contribution in [0.2, 0.25) is 0 Å². The molecule has 2 atom stereocenters. The molecule has 118 valence electrons.